The van der Waals surface area contributed by atoms with Crippen LogP contribution in [0, 0.1) is 0 Å². The minimum atomic E-state index is -3.50. The molecule has 0 aliphatic carbocycles. The molecule has 6 nitrogen and oxygen atoms in total. The first-order chi connectivity index (χ1) is 8.02. The van der Waals surface area contributed by atoms with Gasteiger partial charge in [0, 0.05) is 26.4 Å². The SMILES string of the molecule is CCN(CCOC)S(=O)(=O)c1ccc(N)nc1. The van der Waals surface area contributed by atoms with Crippen LogP contribution in [0.15, 0.2) is 23.2 Å². The summed E-state index contributed by atoms with van der Waals surface area (Å²) < 4.78 is 30.6. The van der Waals surface area contributed by atoms with E-state index < -0.39 is 10.0 Å². The Kier molecular flexibility index (Phi) is 4.86. The molecule has 0 aliphatic rings. The Balaban J connectivity index is 2.95. The van der Waals surface area contributed by atoms with Crippen molar-refractivity contribution in [3.8, 4) is 0 Å². The van der Waals surface area contributed by atoms with E-state index in [1.807, 2.05) is 0 Å². The van der Waals surface area contributed by atoms with Crippen molar-refractivity contribution >= 4 is 15.8 Å². The normalized spacial score (nSPS) is 11.9. The van der Waals surface area contributed by atoms with Crippen molar-refractivity contribution in [2.45, 2.75) is 11.8 Å². The van der Waals surface area contributed by atoms with E-state index in [0.29, 0.717) is 25.5 Å². The summed E-state index contributed by atoms with van der Waals surface area (Å²) in [6, 6.07) is 2.92. The zero-order valence-corrected chi connectivity index (χ0v) is 10.8. The zero-order valence-electron chi connectivity index (χ0n) is 9.96. The van der Waals surface area contributed by atoms with Gasteiger partial charge in [-0.1, -0.05) is 6.92 Å². The van der Waals surface area contributed by atoms with Crippen molar-refractivity contribution in [2.75, 3.05) is 32.5 Å². The maximum Gasteiger partial charge on any atom is 0.244 e. The Labute approximate surface area is 101 Å². The maximum atomic E-state index is 12.2. The third-order valence-electron chi connectivity index (χ3n) is 2.29. The summed E-state index contributed by atoms with van der Waals surface area (Å²) in [7, 11) is -1.97. The van der Waals surface area contributed by atoms with Gasteiger partial charge in [0.1, 0.15) is 10.7 Å². The minimum Gasteiger partial charge on any atom is -0.384 e. The molecule has 0 amide bonds. The molecule has 0 saturated heterocycles. The quantitative estimate of drug-likeness (QED) is 0.795. The lowest BCUT2D eigenvalue weighted by Gasteiger charge is -2.19. The van der Waals surface area contributed by atoms with E-state index in [1.54, 1.807) is 6.92 Å². The highest BCUT2D eigenvalue weighted by Crippen LogP contribution is 2.14. The van der Waals surface area contributed by atoms with Crippen molar-refractivity contribution in [1.82, 2.24) is 9.29 Å². The van der Waals surface area contributed by atoms with Gasteiger partial charge in [-0.3, -0.25) is 0 Å². The minimum absolute atomic E-state index is 0.143. The van der Waals surface area contributed by atoms with Crippen LogP contribution in [0.4, 0.5) is 5.82 Å². The molecular formula is C10H17N3O3S. The van der Waals surface area contributed by atoms with Crippen LogP contribution < -0.4 is 5.73 Å². The van der Waals surface area contributed by atoms with E-state index in [4.69, 9.17) is 10.5 Å². The molecule has 0 saturated carbocycles. The van der Waals surface area contributed by atoms with Gasteiger partial charge in [0.25, 0.3) is 0 Å². The molecule has 0 aliphatic heterocycles. The Hall–Kier alpha value is -1.18. The molecule has 96 valence electrons. The van der Waals surface area contributed by atoms with E-state index in [1.165, 1.54) is 29.7 Å². The van der Waals surface area contributed by atoms with Crippen molar-refractivity contribution in [2.24, 2.45) is 0 Å². The summed E-state index contributed by atoms with van der Waals surface area (Å²) in [6.45, 7) is 2.84. The number of rotatable bonds is 6. The Bertz CT molecular complexity index is 444. The van der Waals surface area contributed by atoms with Gasteiger partial charge in [-0.25, -0.2) is 13.4 Å². The number of hydrogen-bond acceptors (Lipinski definition) is 5. The molecule has 1 rings (SSSR count). The summed E-state index contributed by atoms with van der Waals surface area (Å²) in [4.78, 5) is 3.93. The van der Waals surface area contributed by atoms with Crippen LogP contribution in [0.3, 0.4) is 0 Å². The predicted molar refractivity (Wildman–Crippen MR) is 65.0 cm³/mol. The topological polar surface area (TPSA) is 85.5 Å². The fourth-order valence-corrected chi connectivity index (χ4v) is 2.71. The monoisotopic (exact) mass is 259 g/mol. The van der Waals surface area contributed by atoms with Crippen molar-refractivity contribution in [1.29, 1.82) is 0 Å². The highest BCUT2D eigenvalue weighted by atomic mass is 32.2. The molecule has 0 atom stereocenters. The molecular weight excluding hydrogens is 242 g/mol. The lowest BCUT2D eigenvalue weighted by molar-refractivity contribution is 0.180. The highest BCUT2D eigenvalue weighted by Gasteiger charge is 2.22. The third kappa shape index (κ3) is 3.39. The number of sulfonamides is 1. The molecule has 0 fully saturated rings. The fraction of sp³-hybridized carbons (Fsp3) is 0.500. The molecule has 7 heteroatoms. The van der Waals surface area contributed by atoms with Crippen molar-refractivity contribution in [3.05, 3.63) is 18.3 Å². The van der Waals surface area contributed by atoms with Gasteiger partial charge < -0.3 is 10.5 Å². The Morgan fingerprint density at radius 3 is 2.65 bits per heavy atom. The van der Waals surface area contributed by atoms with Gasteiger partial charge in [-0.05, 0) is 12.1 Å². The maximum absolute atomic E-state index is 12.2. The zero-order chi connectivity index (χ0) is 12.9. The number of ether oxygens (including phenoxy) is 1. The van der Waals surface area contributed by atoms with E-state index in [-0.39, 0.29) is 4.90 Å². The first-order valence-electron chi connectivity index (χ1n) is 5.23. The van der Waals surface area contributed by atoms with Crippen LogP contribution in [-0.4, -0.2) is 44.5 Å². The third-order valence-corrected chi connectivity index (χ3v) is 4.25. The smallest absolute Gasteiger partial charge is 0.244 e. The van der Waals surface area contributed by atoms with E-state index in [0.717, 1.165) is 0 Å². The summed E-state index contributed by atoms with van der Waals surface area (Å²) in [5.41, 5.74) is 5.42. The molecule has 0 radical (unpaired) electrons. The van der Waals surface area contributed by atoms with Crippen LogP contribution in [0.5, 0.6) is 0 Å². The molecule has 2 N–H and O–H groups in total. The first kappa shape index (κ1) is 13.9. The van der Waals surface area contributed by atoms with E-state index >= 15 is 0 Å². The fourth-order valence-electron chi connectivity index (χ4n) is 1.33. The molecule has 1 heterocycles. The molecule has 1 aromatic rings. The van der Waals surface area contributed by atoms with Crippen molar-refractivity contribution < 1.29 is 13.2 Å². The summed E-state index contributed by atoms with van der Waals surface area (Å²) in [5, 5.41) is 0. The molecule has 17 heavy (non-hydrogen) atoms. The Morgan fingerprint density at radius 2 is 2.18 bits per heavy atom. The van der Waals surface area contributed by atoms with Crippen molar-refractivity contribution in [3.63, 3.8) is 0 Å². The molecule has 0 spiro atoms. The predicted octanol–water partition coefficient (Wildman–Crippen LogP) is 0.321. The average molecular weight is 259 g/mol. The summed E-state index contributed by atoms with van der Waals surface area (Å²) in [6.07, 6.45) is 1.26. The molecule has 0 unspecified atom stereocenters. The average Bonchev–Trinajstić information content (AvgIpc) is 2.30. The summed E-state index contributed by atoms with van der Waals surface area (Å²) >= 11 is 0. The summed E-state index contributed by atoms with van der Waals surface area (Å²) in [5.74, 6) is 0.295. The van der Waals surface area contributed by atoms with Crippen LogP contribution in [-0.2, 0) is 14.8 Å². The van der Waals surface area contributed by atoms with Gasteiger partial charge in [0.2, 0.25) is 10.0 Å². The number of nitrogens with two attached hydrogens (primary N) is 1. The van der Waals surface area contributed by atoms with Crippen LogP contribution >= 0.6 is 0 Å². The molecule has 0 bridgehead atoms. The standard InChI is InChI=1S/C10H17N3O3S/c1-3-13(6-7-16-2)17(14,15)9-4-5-10(11)12-8-9/h4-5,8H,3,6-7H2,1-2H3,(H2,11,12). The van der Waals surface area contributed by atoms with Gasteiger partial charge in [0.05, 0.1) is 6.61 Å². The number of aromatic nitrogens is 1. The second-order valence-corrected chi connectivity index (χ2v) is 5.35. The van der Waals surface area contributed by atoms with Gasteiger partial charge in [0.15, 0.2) is 0 Å². The number of anilines is 1. The second-order valence-electron chi connectivity index (χ2n) is 3.41. The molecule has 0 aromatic carbocycles. The lowest BCUT2D eigenvalue weighted by Crippen LogP contribution is -2.33. The van der Waals surface area contributed by atoms with Crippen LogP contribution in [0.25, 0.3) is 0 Å². The number of pyridine rings is 1. The molecule has 1 aromatic heterocycles. The highest BCUT2D eigenvalue weighted by molar-refractivity contribution is 7.89. The van der Waals surface area contributed by atoms with Gasteiger partial charge >= 0.3 is 0 Å². The van der Waals surface area contributed by atoms with E-state index in [9.17, 15) is 8.42 Å². The largest absolute Gasteiger partial charge is 0.384 e. The van der Waals surface area contributed by atoms with E-state index in [2.05, 4.69) is 4.98 Å². The number of hydrogen-bond donors (Lipinski definition) is 1. The van der Waals surface area contributed by atoms with Gasteiger partial charge in [-0.2, -0.15) is 4.31 Å². The van der Waals surface area contributed by atoms with Crippen LogP contribution in [0.2, 0.25) is 0 Å². The van der Waals surface area contributed by atoms with Crippen LogP contribution in [0.1, 0.15) is 6.92 Å². The Morgan fingerprint density at radius 1 is 1.47 bits per heavy atom. The lowest BCUT2D eigenvalue weighted by atomic mass is 10.5. The second kappa shape index (κ2) is 5.95. The number of likely N-dealkylation sites (N-methyl/N-ethyl adjacent to an activating group) is 1. The first-order valence-corrected chi connectivity index (χ1v) is 6.67. The number of nitrogen functional groups attached to an aromatic ring is 1. The number of methoxy groups -OCH3 is 1. The number of nitrogens with zero attached hydrogens (tertiary/aromatic N) is 2. The van der Waals surface area contributed by atoms with Gasteiger partial charge in [-0.15, -0.1) is 0 Å².